The third-order valence-electron chi connectivity index (χ3n) is 6.74. The van der Waals surface area contributed by atoms with Gasteiger partial charge < -0.3 is 24.3 Å². The first-order valence-corrected chi connectivity index (χ1v) is 13.0. The second-order valence-corrected chi connectivity index (χ2v) is 9.34. The molecule has 0 saturated heterocycles. The molecule has 0 heterocycles. The summed E-state index contributed by atoms with van der Waals surface area (Å²) in [6, 6.07) is 12.2. The van der Waals surface area contributed by atoms with Crippen molar-refractivity contribution >= 4 is 11.6 Å². The van der Waals surface area contributed by atoms with Crippen molar-refractivity contribution in [2.75, 3.05) is 55.1 Å². The highest BCUT2D eigenvalue weighted by molar-refractivity contribution is 5.75. The van der Waals surface area contributed by atoms with Gasteiger partial charge in [-0.25, -0.2) is 0 Å². The lowest BCUT2D eigenvalue weighted by atomic mass is 10.1. The Morgan fingerprint density at radius 3 is 2.06 bits per heavy atom. The molecule has 36 heavy (non-hydrogen) atoms. The van der Waals surface area contributed by atoms with Crippen molar-refractivity contribution in [1.29, 1.82) is 0 Å². The fourth-order valence-electron chi connectivity index (χ4n) is 4.40. The Kier molecular flexibility index (Phi) is 12.4. The van der Waals surface area contributed by atoms with E-state index >= 15 is 0 Å². The molecule has 0 aliphatic heterocycles. The SMILES string of the molecule is CCCCCCC(=O)NCCC[N+](C)(CCc1ccc(OC)c(OC)c1)c1ccc(OC)c(OC)c1. The molecule has 0 bridgehead atoms. The van der Waals surface area contributed by atoms with Crippen LogP contribution in [0.2, 0.25) is 0 Å². The van der Waals surface area contributed by atoms with Crippen LogP contribution in [0.4, 0.5) is 5.69 Å². The van der Waals surface area contributed by atoms with Crippen LogP contribution in [0.15, 0.2) is 36.4 Å². The molecule has 0 fully saturated rings. The molecular weight excluding hydrogens is 456 g/mol. The number of amides is 1. The van der Waals surface area contributed by atoms with Crippen LogP contribution in [-0.2, 0) is 11.2 Å². The van der Waals surface area contributed by atoms with E-state index in [1.54, 1.807) is 28.4 Å². The molecule has 1 amide bonds. The summed E-state index contributed by atoms with van der Waals surface area (Å²) >= 11 is 0. The van der Waals surface area contributed by atoms with Gasteiger partial charge in [-0.3, -0.25) is 9.28 Å². The van der Waals surface area contributed by atoms with E-state index in [-0.39, 0.29) is 5.91 Å². The highest BCUT2D eigenvalue weighted by Crippen LogP contribution is 2.34. The zero-order valence-electron chi connectivity index (χ0n) is 23.0. The van der Waals surface area contributed by atoms with Gasteiger partial charge in [0.2, 0.25) is 5.91 Å². The summed E-state index contributed by atoms with van der Waals surface area (Å²) in [4.78, 5) is 12.2. The number of ether oxygens (including phenoxy) is 4. The molecule has 0 radical (unpaired) electrons. The highest BCUT2D eigenvalue weighted by Gasteiger charge is 2.26. The minimum atomic E-state index is 0.150. The van der Waals surface area contributed by atoms with Crippen molar-refractivity contribution in [3.8, 4) is 23.0 Å². The average molecular weight is 502 g/mol. The third-order valence-corrected chi connectivity index (χ3v) is 6.74. The number of hydrogen-bond acceptors (Lipinski definition) is 5. The van der Waals surface area contributed by atoms with Gasteiger partial charge in [-0.15, -0.1) is 0 Å². The molecular formula is C29H45N2O5+. The van der Waals surface area contributed by atoms with E-state index in [0.29, 0.717) is 28.9 Å². The van der Waals surface area contributed by atoms with Gasteiger partial charge in [0.1, 0.15) is 5.69 Å². The fourth-order valence-corrected chi connectivity index (χ4v) is 4.40. The summed E-state index contributed by atoms with van der Waals surface area (Å²) in [6.07, 6.45) is 6.79. The minimum absolute atomic E-state index is 0.150. The lowest BCUT2D eigenvalue weighted by molar-refractivity contribution is -0.121. The summed E-state index contributed by atoms with van der Waals surface area (Å²) in [5.41, 5.74) is 2.32. The van der Waals surface area contributed by atoms with Crippen LogP contribution in [0.1, 0.15) is 51.0 Å². The predicted octanol–water partition coefficient (Wildman–Crippen LogP) is 5.38. The number of rotatable bonds is 17. The highest BCUT2D eigenvalue weighted by atomic mass is 16.5. The molecule has 0 spiro atoms. The first-order chi connectivity index (χ1) is 17.4. The number of benzene rings is 2. The summed E-state index contributed by atoms with van der Waals surface area (Å²) in [7, 11) is 8.84. The Morgan fingerprint density at radius 1 is 0.778 bits per heavy atom. The Hall–Kier alpha value is -2.93. The van der Waals surface area contributed by atoms with E-state index in [1.807, 2.05) is 18.2 Å². The number of hydrogen-bond donors (Lipinski definition) is 1. The first kappa shape index (κ1) is 29.3. The van der Waals surface area contributed by atoms with E-state index in [1.165, 1.54) is 18.4 Å². The van der Waals surface area contributed by atoms with Gasteiger partial charge in [0.25, 0.3) is 0 Å². The zero-order valence-corrected chi connectivity index (χ0v) is 23.0. The molecule has 2 aromatic rings. The van der Waals surface area contributed by atoms with Crippen molar-refractivity contribution < 1.29 is 23.7 Å². The molecule has 2 aromatic carbocycles. The largest absolute Gasteiger partial charge is 0.493 e. The van der Waals surface area contributed by atoms with Gasteiger partial charge in [-0.05, 0) is 30.2 Å². The van der Waals surface area contributed by atoms with Crippen molar-refractivity contribution in [3.05, 3.63) is 42.0 Å². The molecule has 2 rings (SSSR count). The van der Waals surface area contributed by atoms with E-state index in [2.05, 4.69) is 37.5 Å². The second kappa shape index (κ2) is 15.2. The normalized spacial score (nSPS) is 12.5. The van der Waals surface area contributed by atoms with E-state index in [9.17, 15) is 4.79 Å². The maximum atomic E-state index is 12.2. The number of nitrogens with zero attached hydrogens (tertiary/aromatic N) is 1. The van der Waals surface area contributed by atoms with Crippen LogP contribution in [0.5, 0.6) is 23.0 Å². The Morgan fingerprint density at radius 2 is 1.42 bits per heavy atom. The molecule has 0 aliphatic carbocycles. The van der Waals surface area contributed by atoms with Crippen LogP contribution >= 0.6 is 0 Å². The topological polar surface area (TPSA) is 66.0 Å². The Balaban J connectivity index is 2.11. The van der Waals surface area contributed by atoms with E-state index < -0.39 is 0 Å². The molecule has 7 nitrogen and oxygen atoms in total. The number of carbonyl (C=O) groups is 1. The monoisotopic (exact) mass is 501 g/mol. The summed E-state index contributed by atoms with van der Waals surface area (Å²) in [6.45, 7) is 4.60. The van der Waals surface area contributed by atoms with Crippen LogP contribution in [-0.4, -0.2) is 61.0 Å². The van der Waals surface area contributed by atoms with Crippen LogP contribution in [0, 0.1) is 0 Å². The number of nitrogens with one attached hydrogen (secondary N) is 1. The van der Waals surface area contributed by atoms with Crippen molar-refractivity contribution in [1.82, 2.24) is 9.80 Å². The van der Waals surface area contributed by atoms with Gasteiger partial charge in [-0.2, -0.15) is 0 Å². The summed E-state index contributed by atoms with van der Waals surface area (Å²) < 4.78 is 22.6. The lowest BCUT2D eigenvalue weighted by Gasteiger charge is -2.35. The molecule has 0 saturated carbocycles. The Labute approximate surface area is 217 Å². The molecule has 1 atom stereocenters. The molecule has 1 N–H and O–H groups in total. The number of likely N-dealkylation sites (N-methyl/N-ethyl adjacent to an activating group) is 1. The van der Waals surface area contributed by atoms with E-state index in [4.69, 9.17) is 18.9 Å². The second-order valence-electron chi connectivity index (χ2n) is 9.34. The lowest BCUT2D eigenvalue weighted by Crippen LogP contribution is -2.48. The maximum absolute atomic E-state index is 12.2. The van der Waals surface area contributed by atoms with Gasteiger partial charge in [0.15, 0.2) is 23.0 Å². The fraction of sp³-hybridized carbons (Fsp3) is 0.552. The predicted molar refractivity (Wildman–Crippen MR) is 147 cm³/mol. The number of quaternary nitrogens is 1. The van der Waals surface area contributed by atoms with Crippen LogP contribution in [0.25, 0.3) is 0 Å². The third kappa shape index (κ3) is 8.63. The minimum Gasteiger partial charge on any atom is -0.493 e. The van der Waals surface area contributed by atoms with Crippen LogP contribution < -0.4 is 28.7 Å². The zero-order chi connectivity index (χ0) is 26.4. The summed E-state index contributed by atoms with van der Waals surface area (Å²) in [5, 5.41) is 3.10. The number of methoxy groups -OCH3 is 4. The molecule has 0 aliphatic rings. The van der Waals surface area contributed by atoms with Gasteiger partial charge in [0.05, 0.1) is 48.6 Å². The van der Waals surface area contributed by atoms with Gasteiger partial charge in [0, 0.05) is 37.9 Å². The van der Waals surface area contributed by atoms with Crippen molar-refractivity contribution in [2.45, 2.75) is 51.9 Å². The van der Waals surface area contributed by atoms with Crippen molar-refractivity contribution in [2.24, 2.45) is 0 Å². The van der Waals surface area contributed by atoms with Gasteiger partial charge in [-0.1, -0.05) is 32.3 Å². The number of carbonyl (C=O) groups excluding carboxylic acids is 1. The standard InChI is InChI=1S/C29H44N2O5/c1-7-8-9-10-12-29(32)30-18-11-19-31(2,24-14-16-26(34-4)28(22-24)36-6)20-17-23-13-15-25(33-3)27(21-23)35-5/h13-16,21-22H,7-12,17-20H2,1-6H3/p+1. The maximum Gasteiger partial charge on any atom is 0.219 e. The average Bonchev–Trinajstić information content (AvgIpc) is 2.91. The molecule has 1 unspecified atom stereocenters. The molecule has 7 heteroatoms. The van der Waals surface area contributed by atoms with Crippen LogP contribution in [0.3, 0.4) is 0 Å². The Bertz CT molecular complexity index is 949. The number of unbranched alkanes of at least 4 members (excludes halogenated alkanes) is 3. The van der Waals surface area contributed by atoms with E-state index in [0.717, 1.165) is 56.0 Å². The van der Waals surface area contributed by atoms with Gasteiger partial charge >= 0.3 is 0 Å². The molecule has 0 aromatic heterocycles. The molecule has 200 valence electrons. The summed E-state index contributed by atoms with van der Waals surface area (Å²) in [5.74, 6) is 3.03. The smallest absolute Gasteiger partial charge is 0.219 e. The quantitative estimate of drug-likeness (QED) is 0.233. The first-order valence-electron chi connectivity index (χ1n) is 13.0. The van der Waals surface area contributed by atoms with Crippen molar-refractivity contribution in [3.63, 3.8) is 0 Å².